The lowest BCUT2D eigenvalue weighted by Crippen LogP contribution is -1.96. The number of benzene rings is 1. The Morgan fingerprint density at radius 2 is 2.00 bits per heavy atom. The fourth-order valence-electron chi connectivity index (χ4n) is 1.57. The molecule has 19 heavy (non-hydrogen) atoms. The number of ether oxygens (including phenoxy) is 1. The van der Waals surface area contributed by atoms with Crippen molar-refractivity contribution < 1.29 is 4.74 Å². The molecule has 0 unspecified atom stereocenters. The van der Waals surface area contributed by atoms with Gasteiger partial charge < -0.3 is 10.1 Å². The molecule has 0 atom stereocenters. The Balaban J connectivity index is 2.04. The molecule has 0 amide bonds. The van der Waals surface area contributed by atoms with E-state index in [4.69, 9.17) is 10.00 Å². The van der Waals surface area contributed by atoms with E-state index in [1.165, 1.54) is 0 Å². The first kappa shape index (κ1) is 12.9. The number of hydrogen-bond donors (Lipinski definition) is 1. The Labute approximate surface area is 112 Å². The molecule has 0 aliphatic carbocycles. The monoisotopic (exact) mass is 253 g/mol. The van der Waals surface area contributed by atoms with Crippen molar-refractivity contribution in [2.45, 2.75) is 13.3 Å². The van der Waals surface area contributed by atoms with E-state index >= 15 is 0 Å². The summed E-state index contributed by atoms with van der Waals surface area (Å²) in [5.74, 6) is 1.51. The number of nitriles is 1. The van der Waals surface area contributed by atoms with Crippen molar-refractivity contribution >= 4 is 11.5 Å². The highest BCUT2D eigenvalue weighted by atomic mass is 16.5. The van der Waals surface area contributed by atoms with Gasteiger partial charge in [-0.1, -0.05) is 13.0 Å². The van der Waals surface area contributed by atoms with Crippen molar-refractivity contribution in [1.29, 1.82) is 5.26 Å². The van der Waals surface area contributed by atoms with Crippen LogP contribution in [0.3, 0.4) is 0 Å². The zero-order valence-electron chi connectivity index (χ0n) is 10.8. The maximum Gasteiger partial charge on any atom is 0.142 e. The van der Waals surface area contributed by atoms with Gasteiger partial charge in [0.15, 0.2) is 0 Å². The molecule has 1 heterocycles. The smallest absolute Gasteiger partial charge is 0.142 e. The van der Waals surface area contributed by atoms with Crippen LogP contribution in [0.4, 0.5) is 11.5 Å². The molecule has 4 heteroatoms. The van der Waals surface area contributed by atoms with Gasteiger partial charge in [-0.2, -0.15) is 5.26 Å². The van der Waals surface area contributed by atoms with Crippen LogP contribution >= 0.6 is 0 Å². The molecule has 2 aromatic rings. The second-order valence-corrected chi connectivity index (χ2v) is 4.02. The van der Waals surface area contributed by atoms with Crippen molar-refractivity contribution in [2.75, 3.05) is 11.9 Å². The number of nitrogens with one attached hydrogen (secondary N) is 1. The van der Waals surface area contributed by atoms with Crippen LogP contribution in [0, 0.1) is 11.3 Å². The van der Waals surface area contributed by atoms with Crippen LogP contribution in [0.5, 0.6) is 5.75 Å². The summed E-state index contributed by atoms with van der Waals surface area (Å²) in [6, 6.07) is 15.0. The van der Waals surface area contributed by atoms with Crippen LogP contribution in [0.25, 0.3) is 0 Å². The number of nitrogens with zero attached hydrogens (tertiary/aromatic N) is 2. The normalized spacial score (nSPS) is 9.68. The van der Waals surface area contributed by atoms with Crippen molar-refractivity contribution in [2.24, 2.45) is 0 Å². The molecular weight excluding hydrogens is 238 g/mol. The molecular formula is C15H15N3O. The van der Waals surface area contributed by atoms with Gasteiger partial charge >= 0.3 is 0 Å². The predicted molar refractivity (Wildman–Crippen MR) is 74.5 cm³/mol. The van der Waals surface area contributed by atoms with Crippen LogP contribution in [0.2, 0.25) is 0 Å². The van der Waals surface area contributed by atoms with Gasteiger partial charge in [-0.3, -0.25) is 0 Å². The summed E-state index contributed by atoms with van der Waals surface area (Å²) >= 11 is 0. The molecule has 0 aliphatic rings. The van der Waals surface area contributed by atoms with Gasteiger partial charge in [0, 0.05) is 5.69 Å². The molecule has 0 spiro atoms. The first-order chi connectivity index (χ1) is 9.31. The molecule has 4 nitrogen and oxygen atoms in total. The van der Waals surface area contributed by atoms with E-state index in [9.17, 15) is 0 Å². The van der Waals surface area contributed by atoms with Crippen LogP contribution < -0.4 is 10.1 Å². The van der Waals surface area contributed by atoms with Crippen LogP contribution in [0.1, 0.15) is 19.0 Å². The minimum atomic E-state index is 0.396. The molecule has 1 N–H and O–H groups in total. The lowest BCUT2D eigenvalue weighted by molar-refractivity contribution is 0.317. The Morgan fingerprint density at radius 1 is 1.21 bits per heavy atom. The highest BCUT2D eigenvalue weighted by Crippen LogP contribution is 2.19. The summed E-state index contributed by atoms with van der Waals surface area (Å²) in [4.78, 5) is 4.16. The fraction of sp³-hybridized carbons (Fsp3) is 0.200. The minimum Gasteiger partial charge on any atom is -0.494 e. The molecule has 1 aromatic heterocycles. The van der Waals surface area contributed by atoms with Crippen molar-refractivity contribution in [3.8, 4) is 11.8 Å². The molecule has 0 radical (unpaired) electrons. The Morgan fingerprint density at radius 3 is 2.68 bits per heavy atom. The maximum atomic E-state index is 8.79. The number of hydrogen-bond acceptors (Lipinski definition) is 4. The second-order valence-electron chi connectivity index (χ2n) is 4.02. The maximum absolute atomic E-state index is 8.79. The predicted octanol–water partition coefficient (Wildman–Crippen LogP) is 3.49. The summed E-state index contributed by atoms with van der Waals surface area (Å²) in [5.41, 5.74) is 1.30. The highest BCUT2D eigenvalue weighted by molar-refractivity contribution is 5.57. The first-order valence-corrected chi connectivity index (χ1v) is 6.19. The van der Waals surface area contributed by atoms with Gasteiger partial charge in [-0.25, -0.2) is 4.98 Å². The second kappa shape index (κ2) is 6.41. The summed E-state index contributed by atoms with van der Waals surface area (Å²) < 4.78 is 5.51. The van der Waals surface area contributed by atoms with Gasteiger partial charge in [0.05, 0.1) is 6.61 Å². The molecule has 0 bridgehead atoms. The standard InChI is InChI=1S/C15H15N3O/c1-2-10-19-14-8-6-12(7-9-14)17-15-5-3-4-13(11-16)18-15/h3-9H,2,10H2,1H3,(H,17,18). The Kier molecular flexibility index (Phi) is 4.35. The average Bonchev–Trinajstić information content (AvgIpc) is 2.47. The third-order valence-electron chi connectivity index (χ3n) is 2.46. The Bertz CT molecular complexity index is 573. The van der Waals surface area contributed by atoms with E-state index in [1.54, 1.807) is 12.1 Å². The molecule has 0 fully saturated rings. The molecule has 96 valence electrons. The van der Waals surface area contributed by atoms with Crippen molar-refractivity contribution in [1.82, 2.24) is 4.98 Å². The number of pyridine rings is 1. The van der Waals surface area contributed by atoms with E-state index in [1.807, 2.05) is 36.4 Å². The van der Waals surface area contributed by atoms with Crippen molar-refractivity contribution in [3.05, 3.63) is 48.2 Å². The Hall–Kier alpha value is -2.54. The SMILES string of the molecule is CCCOc1ccc(Nc2cccc(C#N)n2)cc1. The van der Waals surface area contributed by atoms with Crippen LogP contribution in [-0.2, 0) is 0 Å². The van der Waals surface area contributed by atoms with Gasteiger partial charge in [-0.15, -0.1) is 0 Å². The van der Waals surface area contributed by atoms with E-state index < -0.39 is 0 Å². The molecule has 0 saturated heterocycles. The molecule has 0 saturated carbocycles. The van der Waals surface area contributed by atoms with Crippen molar-refractivity contribution in [3.63, 3.8) is 0 Å². The largest absolute Gasteiger partial charge is 0.494 e. The van der Waals surface area contributed by atoms with Crippen LogP contribution in [-0.4, -0.2) is 11.6 Å². The lowest BCUT2D eigenvalue weighted by Gasteiger charge is -2.08. The molecule has 0 aliphatic heterocycles. The highest BCUT2D eigenvalue weighted by Gasteiger charge is 1.99. The minimum absolute atomic E-state index is 0.396. The van der Waals surface area contributed by atoms with Gasteiger partial charge in [-0.05, 0) is 42.8 Å². The van der Waals surface area contributed by atoms with E-state index in [0.29, 0.717) is 11.5 Å². The quantitative estimate of drug-likeness (QED) is 0.886. The topological polar surface area (TPSA) is 57.9 Å². The van der Waals surface area contributed by atoms with E-state index in [-0.39, 0.29) is 0 Å². The fourth-order valence-corrected chi connectivity index (χ4v) is 1.57. The molecule has 1 aromatic carbocycles. The van der Waals surface area contributed by atoms with E-state index in [2.05, 4.69) is 17.2 Å². The van der Waals surface area contributed by atoms with Gasteiger partial charge in [0.2, 0.25) is 0 Å². The van der Waals surface area contributed by atoms with Gasteiger partial charge in [0.1, 0.15) is 23.3 Å². The average molecular weight is 253 g/mol. The third kappa shape index (κ3) is 3.71. The zero-order valence-corrected chi connectivity index (χ0v) is 10.8. The number of anilines is 2. The number of rotatable bonds is 5. The summed E-state index contributed by atoms with van der Waals surface area (Å²) in [6.45, 7) is 2.79. The van der Waals surface area contributed by atoms with Crippen LogP contribution in [0.15, 0.2) is 42.5 Å². The summed E-state index contributed by atoms with van der Waals surface area (Å²) in [6.07, 6.45) is 0.991. The zero-order chi connectivity index (χ0) is 13.5. The lowest BCUT2D eigenvalue weighted by atomic mass is 10.3. The summed E-state index contributed by atoms with van der Waals surface area (Å²) in [7, 11) is 0. The van der Waals surface area contributed by atoms with Gasteiger partial charge in [0.25, 0.3) is 0 Å². The molecule has 2 rings (SSSR count). The summed E-state index contributed by atoms with van der Waals surface area (Å²) in [5, 5.41) is 11.9. The third-order valence-corrected chi connectivity index (χ3v) is 2.46. The van der Waals surface area contributed by atoms with E-state index in [0.717, 1.165) is 24.5 Å². The number of aromatic nitrogens is 1. The first-order valence-electron chi connectivity index (χ1n) is 6.19.